The van der Waals surface area contributed by atoms with E-state index in [9.17, 15) is 0 Å². The highest BCUT2D eigenvalue weighted by Gasteiger charge is 2.06. The Morgan fingerprint density at radius 1 is 1.43 bits per heavy atom. The molecule has 0 saturated carbocycles. The average molecular weight is 252 g/mol. The van der Waals surface area contributed by atoms with E-state index in [1.54, 1.807) is 6.20 Å². The van der Waals surface area contributed by atoms with Gasteiger partial charge in [0.25, 0.3) is 0 Å². The monoisotopic (exact) mass is 251 g/mol. The summed E-state index contributed by atoms with van der Waals surface area (Å²) in [6, 6.07) is 8.10. The van der Waals surface area contributed by atoms with Gasteiger partial charge in [-0.1, -0.05) is 12.1 Å². The Labute approximate surface area is 90.7 Å². The number of imidazole rings is 1. The second kappa shape index (κ2) is 3.46. The van der Waals surface area contributed by atoms with Gasteiger partial charge in [0.1, 0.15) is 4.60 Å². The Morgan fingerprint density at radius 2 is 2.21 bits per heavy atom. The standard InChI is InChI=1S/C10H10BrN3/c1-7-3-2-4-8(5-7)14-9(11)6-13-10(14)12/h2-6H,1H3,(H2,12,13). The summed E-state index contributed by atoms with van der Waals surface area (Å²) in [6.45, 7) is 2.05. The van der Waals surface area contributed by atoms with Crippen molar-refractivity contribution in [3.05, 3.63) is 40.6 Å². The maximum atomic E-state index is 5.75. The number of hydrogen-bond acceptors (Lipinski definition) is 2. The van der Waals surface area contributed by atoms with E-state index < -0.39 is 0 Å². The Kier molecular flexibility index (Phi) is 2.29. The summed E-state index contributed by atoms with van der Waals surface area (Å²) in [5.74, 6) is 0.488. The molecule has 72 valence electrons. The van der Waals surface area contributed by atoms with Gasteiger partial charge in [-0.25, -0.2) is 4.98 Å². The first-order valence-electron chi connectivity index (χ1n) is 4.24. The lowest BCUT2D eigenvalue weighted by molar-refractivity contribution is 1.04. The van der Waals surface area contributed by atoms with Crippen LogP contribution in [0.1, 0.15) is 5.56 Å². The molecule has 0 unspecified atom stereocenters. The van der Waals surface area contributed by atoms with Crippen molar-refractivity contribution in [2.45, 2.75) is 6.92 Å². The summed E-state index contributed by atoms with van der Waals surface area (Å²) in [5.41, 5.74) is 7.96. The van der Waals surface area contributed by atoms with Crippen molar-refractivity contribution in [3.63, 3.8) is 0 Å². The summed E-state index contributed by atoms with van der Waals surface area (Å²) in [7, 11) is 0. The van der Waals surface area contributed by atoms with E-state index in [1.807, 2.05) is 29.7 Å². The number of hydrogen-bond donors (Lipinski definition) is 1. The van der Waals surface area contributed by atoms with Gasteiger partial charge in [-0.15, -0.1) is 0 Å². The van der Waals surface area contributed by atoms with Crippen LogP contribution in [0, 0.1) is 6.92 Å². The van der Waals surface area contributed by atoms with E-state index in [1.165, 1.54) is 5.56 Å². The number of anilines is 1. The molecule has 2 rings (SSSR count). The number of nitrogens with zero attached hydrogens (tertiary/aromatic N) is 2. The quantitative estimate of drug-likeness (QED) is 0.847. The summed E-state index contributed by atoms with van der Waals surface area (Å²) in [4.78, 5) is 4.02. The number of nitrogen functional groups attached to an aromatic ring is 1. The molecule has 0 atom stereocenters. The van der Waals surface area contributed by atoms with Gasteiger partial charge in [-0.3, -0.25) is 4.57 Å². The van der Waals surface area contributed by atoms with E-state index in [0.29, 0.717) is 5.95 Å². The molecule has 0 amide bonds. The highest BCUT2D eigenvalue weighted by atomic mass is 79.9. The molecule has 0 spiro atoms. The zero-order valence-electron chi connectivity index (χ0n) is 7.74. The van der Waals surface area contributed by atoms with Crippen molar-refractivity contribution in [1.82, 2.24) is 9.55 Å². The zero-order chi connectivity index (χ0) is 10.1. The highest BCUT2D eigenvalue weighted by molar-refractivity contribution is 9.10. The Bertz CT molecular complexity index is 443. The van der Waals surface area contributed by atoms with Gasteiger partial charge in [0.15, 0.2) is 0 Å². The van der Waals surface area contributed by atoms with Crippen molar-refractivity contribution in [2.75, 3.05) is 5.73 Å². The van der Waals surface area contributed by atoms with Crippen LogP contribution in [0.2, 0.25) is 0 Å². The van der Waals surface area contributed by atoms with Crippen LogP contribution in [-0.2, 0) is 0 Å². The second-order valence-corrected chi connectivity index (χ2v) is 3.93. The molecule has 0 aliphatic rings. The number of rotatable bonds is 1. The first kappa shape index (κ1) is 9.27. The first-order valence-corrected chi connectivity index (χ1v) is 5.03. The molecule has 0 aliphatic carbocycles. The van der Waals surface area contributed by atoms with Crippen molar-refractivity contribution >= 4 is 21.9 Å². The van der Waals surface area contributed by atoms with Gasteiger partial charge < -0.3 is 5.73 Å². The maximum Gasteiger partial charge on any atom is 0.205 e. The topological polar surface area (TPSA) is 43.8 Å². The van der Waals surface area contributed by atoms with Crippen LogP contribution in [0.25, 0.3) is 5.69 Å². The number of aromatic nitrogens is 2. The molecule has 2 aromatic rings. The predicted octanol–water partition coefficient (Wildman–Crippen LogP) is 2.53. The maximum absolute atomic E-state index is 5.75. The van der Waals surface area contributed by atoms with E-state index in [4.69, 9.17) is 5.73 Å². The van der Waals surface area contributed by atoms with Gasteiger partial charge in [-0.05, 0) is 40.5 Å². The number of halogens is 1. The van der Waals surface area contributed by atoms with Crippen LogP contribution in [0.5, 0.6) is 0 Å². The van der Waals surface area contributed by atoms with E-state index >= 15 is 0 Å². The zero-order valence-corrected chi connectivity index (χ0v) is 9.32. The summed E-state index contributed by atoms with van der Waals surface area (Å²) in [6.07, 6.45) is 1.69. The molecule has 2 N–H and O–H groups in total. The Balaban J connectivity index is 2.59. The smallest absolute Gasteiger partial charge is 0.205 e. The molecule has 14 heavy (non-hydrogen) atoms. The highest BCUT2D eigenvalue weighted by Crippen LogP contribution is 2.21. The molecule has 0 bridgehead atoms. The fraction of sp³-hybridized carbons (Fsp3) is 0.100. The SMILES string of the molecule is Cc1cccc(-n2c(Br)cnc2N)c1. The third-order valence-corrected chi connectivity index (χ3v) is 2.57. The van der Waals surface area contributed by atoms with E-state index in [0.717, 1.165) is 10.3 Å². The van der Waals surface area contributed by atoms with Crippen LogP contribution in [-0.4, -0.2) is 9.55 Å². The first-order chi connectivity index (χ1) is 6.68. The lowest BCUT2D eigenvalue weighted by Crippen LogP contribution is -2.00. The fourth-order valence-electron chi connectivity index (χ4n) is 1.37. The molecule has 0 saturated heterocycles. The summed E-state index contributed by atoms with van der Waals surface area (Å²) >= 11 is 3.40. The van der Waals surface area contributed by atoms with Crippen LogP contribution in [0.15, 0.2) is 35.1 Å². The lowest BCUT2D eigenvalue weighted by Gasteiger charge is -2.06. The van der Waals surface area contributed by atoms with Gasteiger partial charge in [0, 0.05) is 5.69 Å². The second-order valence-electron chi connectivity index (χ2n) is 3.11. The molecule has 3 nitrogen and oxygen atoms in total. The van der Waals surface area contributed by atoms with Crippen molar-refractivity contribution in [2.24, 2.45) is 0 Å². The van der Waals surface area contributed by atoms with Gasteiger partial charge in [-0.2, -0.15) is 0 Å². The summed E-state index contributed by atoms with van der Waals surface area (Å²) < 4.78 is 2.72. The van der Waals surface area contributed by atoms with Crippen molar-refractivity contribution < 1.29 is 0 Å². The third-order valence-electron chi connectivity index (χ3n) is 2.01. The van der Waals surface area contributed by atoms with Gasteiger partial charge >= 0.3 is 0 Å². The minimum atomic E-state index is 0.488. The summed E-state index contributed by atoms with van der Waals surface area (Å²) in [5, 5.41) is 0. The van der Waals surface area contributed by atoms with Crippen LogP contribution in [0.3, 0.4) is 0 Å². The van der Waals surface area contributed by atoms with E-state index in [2.05, 4.69) is 27.0 Å². The van der Waals surface area contributed by atoms with Crippen LogP contribution >= 0.6 is 15.9 Å². The third kappa shape index (κ3) is 1.53. The molecule has 4 heteroatoms. The Hall–Kier alpha value is -1.29. The molecule has 1 aromatic heterocycles. The fourth-order valence-corrected chi connectivity index (χ4v) is 1.86. The number of benzene rings is 1. The minimum absolute atomic E-state index is 0.488. The molecule has 0 radical (unpaired) electrons. The van der Waals surface area contributed by atoms with Crippen LogP contribution < -0.4 is 5.73 Å². The number of nitrogens with two attached hydrogens (primary N) is 1. The van der Waals surface area contributed by atoms with Gasteiger partial charge in [0.05, 0.1) is 6.20 Å². The average Bonchev–Trinajstić information content (AvgIpc) is 2.46. The lowest BCUT2D eigenvalue weighted by atomic mass is 10.2. The molecular weight excluding hydrogens is 242 g/mol. The van der Waals surface area contributed by atoms with Crippen molar-refractivity contribution in [3.8, 4) is 5.69 Å². The molecular formula is C10H10BrN3. The van der Waals surface area contributed by atoms with Gasteiger partial charge in [0.2, 0.25) is 5.95 Å². The van der Waals surface area contributed by atoms with E-state index in [-0.39, 0.29) is 0 Å². The molecule has 0 fully saturated rings. The molecule has 0 aliphatic heterocycles. The molecule has 1 heterocycles. The largest absolute Gasteiger partial charge is 0.369 e. The minimum Gasteiger partial charge on any atom is -0.369 e. The van der Waals surface area contributed by atoms with Crippen LogP contribution in [0.4, 0.5) is 5.95 Å². The van der Waals surface area contributed by atoms with Crippen molar-refractivity contribution in [1.29, 1.82) is 0 Å². The number of aryl methyl sites for hydroxylation is 1. The Morgan fingerprint density at radius 3 is 2.79 bits per heavy atom. The normalized spacial score (nSPS) is 10.4. The predicted molar refractivity (Wildman–Crippen MR) is 60.4 cm³/mol. The molecule has 1 aromatic carbocycles.